The lowest BCUT2D eigenvalue weighted by molar-refractivity contribution is -0.138. The third-order valence-corrected chi connectivity index (χ3v) is 3.34. The van der Waals surface area contributed by atoms with Crippen LogP contribution in [0.2, 0.25) is 0 Å². The molecule has 0 aliphatic heterocycles. The Bertz CT molecular complexity index is 369. The zero-order valence-corrected chi connectivity index (χ0v) is 9.88. The molecule has 1 N–H and O–H groups in total. The Kier molecular flexibility index (Phi) is 4.06. The summed E-state index contributed by atoms with van der Waals surface area (Å²) in [6, 6.07) is 0. The van der Waals surface area contributed by atoms with Gasteiger partial charge in [-0.2, -0.15) is 0 Å². The fraction of sp³-hybridized carbons (Fsp3) is 0.818. The van der Waals surface area contributed by atoms with Crippen LogP contribution in [0.25, 0.3) is 0 Å². The third kappa shape index (κ3) is 3.51. The van der Waals surface area contributed by atoms with Crippen LogP contribution in [-0.2, 0) is 17.8 Å². The van der Waals surface area contributed by atoms with Gasteiger partial charge in [-0.3, -0.25) is 4.79 Å². The van der Waals surface area contributed by atoms with E-state index in [4.69, 9.17) is 5.11 Å². The van der Waals surface area contributed by atoms with Gasteiger partial charge >= 0.3 is 5.97 Å². The molecule has 2 rings (SSSR count). The van der Waals surface area contributed by atoms with Gasteiger partial charge in [0.05, 0.1) is 0 Å². The quantitative estimate of drug-likeness (QED) is 0.799. The fourth-order valence-corrected chi connectivity index (χ4v) is 2.45. The number of hydrogen-bond donors (Lipinski definition) is 1. The minimum atomic E-state index is -0.903. The highest BCUT2D eigenvalue weighted by atomic mass is 16.4. The first-order chi connectivity index (χ1) is 8.25. The summed E-state index contributed by atoms with van der Waals surface area (Å²) >= 11 is 0. The normalized spacial score (nSPS) is 17.9. The first kappa shape index (κ1) is 12.0. The van der Waals surface area contributed by atoms with Gasteiger partial charge in [0.15, 0.2) is 5.82 Å². The first-order valence-electron chi connectivity index (χ1n) is 6.22. The van der Waals surface area contributed by atoms with Crippen LogP contribution >= 0.6 is 0 Å². The molecule has 6 heteroatoms. The molecule has 0 atom stereocenters. The van der Waals surface area contributed by atoms with Crippen molar-refractivity contribution in [3.8, 4) is 0 Å². The summed E-state index contributed by atoms with van der Waals surface area (Å²) in [6.07, 6.45) is 8.39. The van der Waals surface area contributed by atoms with Crippen molar-refractivity contribution >= 4 is 5.97 Å². The zero-order chi connectivity index (χ0) is 12.1. The molecule has 0 aromatic carbocycles. The number of aliphatic carboxylic acids is 1. The van der Waals surface area contributed by atoms with Crippen molar-refractivity contribution in [3.05, 3.63) is 5.82 Å². The lowest BCUT2D eigenvalue weighted by atomic mass is 9.96. The molecule has 6 nitrogen and oxygen atoms in total. The highest BCUT2D eigenvalue weighted by Gasteiger charge is 2.17. The smallest absolute Gasteiger partial charge is 0.325 e. The van der Waals surface area contributed by atoms with Gasteiger partial charge in [-0.1, -0.05) is 38.5 Å². The molecule has 1 aromatic heterocycles. The van der Waals surface area contributed by atoms with E-state index in [1.807, 2.05) is 0 Å². The molecular weight excluding hydrogens is 220 g/mol. The molecule has 0 amide bonds. The molecule has 1 saturated carbocycles. The van der Waals surface area contributed by atoms with Crippen LogP contribution in [-0.4, -0.2) is 31.3 Å². The molecule has 0 unspecified atom stereocenters. The standard InChI is InChI=1S/C11H18N4O2/c16-11(17)8-15-10(12-13-14-15)7-9-5-3-1-2-4-6-9/h9H,1-8H2,(H,16,17). The van der Waals surface area contributed by atoms with Gasteiger partial charge in [-0.25, -0.2) is 4.68 Å². The maximum atomic E-state index is 10.6. The average molecular weight is 238 g/mol. The lowest BCUT2D eigenvalue weighted by Crippen LogP contribution is -2.16. The molecule has 94 valence electrons. The van der Waals surface area contributed by atoms with Gasteiger partial charge in [0.2, 0.25) is 0 Å². The van der Waals surface area contributed by atoms with Crippen LogP contribution in [0.15, 0.2) is 0 Å². The highest BCUT2D eigenvalue weighted by Crippen LogP contribution is 2.25. The second-order valence-corrected chi connectivity index (χ2v) is 4.71. The maximum Gasteiger partial charge on any atom is 0.325 e. The number of carbonyl (C=O) groups is 1. The van der Waals surface area contributed by atoms with Crippen molar-refractivity contribution in [1.82, 2.24) is 20.2 Å². The Hall–Kier alpha value is -1.46. The summed E-state index contributed by atoms with van der Waals surface area (Å²) in [5, 5.41) is 20.0. The van der Waals surface area contributed by atoms with Gasteiger partial charge in [0, 0.05) is 6.42 Å². The molecule has 17 heavy (non-hydrogen) atoms. The first-order valence-corrected chi connectivity index (χ1v) is 6.22. The Morgan fingerprint density at radius 1 is 1.29 bits per heavy atom. The second kappa shape index (κ2) is 5.75. The Morgan fingerprint density at radius 2 is 2.00 bits per heavy atom. The molecule has 0 saturated heterocycles. The molecule has 1 aliphatic carbocycles. The van der Waals surface area contributed by atoms with E-state index in [2.05, 4.69) is 15.5 Å². The molecule has 0 bridgehead atoms. The van der Waals surface area contributed by atoms with Crippen LogP contribution < -0.4 is 0 Å². The third-order valence-electron chi connectivity index (χ3n) is 3.34. The summed E-state index contributed by atoms with van der Waals surface area (Å²) in [5.74, 6) is 0.412. The number of tetrazole rings is 1. The monoisotopic (exact) mass is 238 g/mol. The lowest BCUT2D eigenvalue weighted by Gasteiger charge is -2.12. The summed E-state index contributed by atoms with van der Waals surface area (Å²) < 4.78 is 1.40. The number of aromatic nitrogens is 4. The summed E-state index contributed by atoms with van der Waals surface area (Å²) in [6.45, 7) is -0.144. The summed E-state index contributed by atoms with van der Waals surface area (Å²) in [4.78, 5) is 10.6. The van der Waals surface area contributed by atoms with E-state index in [-0.39, 0.29) is 6.54 Å². The van der Waals surface area contributed by atoms with Crippen LogP contribution in [0.5, 0.6) is 0 Å². The fourth-order valence-electron chi connectivity index (χ4n) is 2.45. The van der Waals surface area contributed by atoms with E-state index < -0.39 is 5.97 Å². The molecule has 1 aliphatic rings. The highest BCUT2D eigenvalue weighted by molar-refractivity contribution is 5.66. The molecule has 1 aromatic rings. The van der Waals surface area contributed by atoms with Crippen molar-refractivity contribution in [2.24, 2.45) is 5.92 Å². The summed E-state index contributed by atoms with van der Waals surface area (Å²) in [7, 11) is 0. The Balaban J connectivity index is 1.97. The summed E-state index contributed by atoms with van der Waals surface area (Å²) in [5.41, 5.74) is 0. The second-order valence-electron chi connectivity index (χ2n) is 4.71. The minimum Gasteiger partial charge on any atom is -0.480 e. The largest absolute Gasteiger partial charge is 0.480 e. The van der Waals surface area contributed by atoms with E-state index in [1.165, 1.54) is 43.2 Å². The Morgan fingerprint density at radius 3 is 2.65 bits per heavy atom. The topological polar surface area (TPSA) is 80.9 Å². The van der Waals surface area contributed by atoms with E-state index in [9.17, 15) is 4.79 Å². The molecule has 1 fully saturated rings. The minimum absolute atomic E-state index is 0.144. The average Bonchev–Trinajstić information content (AvgIpc) is 2.55. The van der Waals surface area contributed by atoms with Gasteiger partial charge in [-0.05, 0) is 16.3 Å². The number of carboxylic acids is 1. The maximum absolute atomic E-state index is 10.6. The number of carboxylic acid groups (broad SMARTS) is 1. The number of nitrogens with zero attached hydrogens (tertiary/aromatic N) is 4. The Labute approximate surface area is 100 Å². The van der Waals surface area contributed by atoms with E-state index in [0.717, 1.165) is 6.42 Å². The van der Waals surface area contributed by atoms with Gasteiger partial charge < -0.3 is 5.11 Å². The van der Waals surface area contributed by atoms with E-state index in [0.29, 0.717) is 11.7 Å². The molecule has 0 radical (unpaired) electrons. The van der Waals surface area contributed by atoms with Crippen LogP contribution in [0.4, 0.5) is 0 Å². The van der Waals surface area contributed by atoms with Crippen molar-refractivity contribution < 1.29 is 9.90 Å². The molecule has 1 heterocycles. The zero-order valence-electron chi connectivity index (χ0n) is 9.88. The van der Waals surface area contributed by atoms with Crippen molar-refractivity contribution in [1.29, 1.82) is 0 Å². The van der Waals surface area contributed by atoms with Crippen LogP contribution in [0.1, 0.15) is 44.3 Å². The van der Waals surface area contributed by atoms with Crippen molar-refractivity contribution in [2.45, 2.75) is 51.5 Å². The van der Waals surface area contributed by atoms with Crippen molar-refractivity contribution in [3.63, 3.8) is 0 Å². The van der Waals surface area contributed by atoms with E-state index >= 15 is 0 Å². The predicted octanol–water partition coefficient (Wildman–Crippen LogP) is 1.27. The van der Waals surface area contributed by atoms with E-state index in [1.54, 1.807) is 0 Å². The molecule has 0 spiro atoms. The number of hydrogen-bond acceptors (Lipinski definition) is 4. The van der Waals surface area contributed by atoms with Crippen molar-refractivity contribution in [2.75, 3.05) is 0 Å². The van der Waals surface area contributed by atoms with Gasteiger partial charge in [0.1, 0.15) is 6.54 Å². The van der Waals surface area contributed by atoms with Crippen LogP contribution in [0.3, 0.4) is 0 Å². The van der Waals surface area contributed by atoms with Gasteiger partial charge in [-0.15, -0.1) is 5.10 Å². The number of rotatable bonds is 4. The predicted molar refractivity (Wildman–Crippen MR) is 60.3 cm³/mol. The molecular formula is C11H18N4O2. The van der Waals surface area contributed by atoms with Gasteiger partial charge in [0.25, 0.3) is 0 Å². The SMILES string of the molecule is O=C(O)Cn1nnnc1CC1CCCCCC1. The van der Waals surface area contributed by atoms with Crippen LogP contribution in [0, 0.1) is 5.92 Å².